The molecule has 4 heteroatoms. The first-order valence-electron chi connectivity index (χ1n) is 7.27. The number of carbonyl (C=O) groups is 1. The minimum Gasteiger partial charge on any atom is -0.371 e. The number of hydrogen-bond donors (Lipinski definition) is 1. The zero-order chi connectivity index (χ0) is 15.0. The Morgan fingerprint density at radius 1 is 1.15 bits per heavy atom. The maximum atomic E-state index is 11.6. The molecule has 0 aliphatic rings. The highest BCUT2D eigenvalue weighted by atomic mass is 16.2. The fourth-order valence-corrected chi connectivity index (χ4v) is 2.20. The van der Waals surface area contributed by atoms with Crippen LogP contribution in [0.5, 0.6) is 0 Å². The lowest BCUT2D eigenvalue weighted by molar-refractivity contribution is -0.128. The van der Waals surface area contributed by atoms with E-state index in [0.29, 0.717) is 13.0 Å². The number of carbonyl (C=O) groups excluding carboxylic acids is 1. The van der Waals surface area contributed by atoms with Crippen molar-refractivity contribution < 1.29 is 4.79 Å². The average Bonchev–Trinajstić information content (AvgIpc) is 2.43. The molecule has 20 heavy (non-hydrogen) atoms. The topological polar surface area (TPSA) is 49.6 Å². The molecule has 0 fully saturated rings. The highest BCUT2D eigenvalue weighted by Crippen LogP contribution is 2.20. The number of nitrogens with two attached hydrogens (primary N) is 1. The smallest absolute Gasteiger partial charge is 0.222 e. The van der Waals surface area contributed by atoms with E-state index in [-0.39, 0.29) is 5.91 Å². The quantitative estimate of drug-likeness (QED) is 0.791. The van der Waals surface area contributed by atoms with Gasteiger partial charge in [0.25, 0.3) is 0 Å². The molecule has 0 unspecified atom stereocenters. The van der Waals surface area contributed by atoms with Gasteiger partial charge in [-0.25, -0.2) is 0 Å². The number of hydrogen-bond acceptors (Lipinski definition) is 3. The largest absolute Gasteiger partial charge is 0.371 e. The average molecular weight is 277 g/mol. The maximum absolute atomic E-state index is 11.6. The van der Waals surface area contributed by atoms with Gasteiger partial charge in [-0.15, -0.1) is 0 Å². The maximum Gasteiger partial charge on any atom is 0.222 e. The summed E-state index contributed by atoms with van der Waals surface area (Å²) in [6, 6.07) is 8.37. The van der Waals surface area contributed by atoms with Crippen molar-refractivity contribution in [1.82, 2.24) is 4.90 Å². The van der Waals surface area contributed by atoms with E-state index >= 15 is 0 Å². The molecule has 112 valence electrons. The summed E-state index contributed by atoms with van der Waals surface area (Å²) in [5, 5.41) is 0. The molecule has 1 rings (SSSR count). The lowest BCUT2D eigenvalue weighted by atomic mass is 10.1. The fourth-order valence-electron chi connectivity index (χ4n) is 2.20. The molecule has 0 heterocycles. The Hall–Kier alpha value is -1.55. The Balaban J connectivity index is 2.61. The molecule has 1 aromatic carbocycles. The first kappa shape index (κ1) is 16.5. The third-order valence-corrected chi connectivity index (χ3v) is 3.41. The molecule has 1 amide bonds. The third-order valence-electron chi connectivity index (χ3n) is 3.41. The fraction of sp³-hybridized carbons (Fsp3) is 0.562. The summed E-state index contributed by atoms with van der Waals surface area (Å²) in [7, 11) is 3.60. The number of para-hydroxylation sites is 1. The van der Waals surface area contributed by atoms with E-state index in [2.05, 4.69) is 36.1 Å². The van der Waals surface area contributed by atoms with E-state index in [9.17, 15) is 4.79 Å². The van der Waals surface area contributed by atoms with Crippen LogP contribution in [0.3, 0.4) is 0 Å². The number of anilines is 1. The van der Waals surface area contributed by atoms with Crippen LogP contribution in [0.15, 0.2) is 24.3 Å². The van der Waals surface area contributed by atoms with Crippen LogP contribution in [0.4, 0.5) is 5.69 Å². The zero-order valence-corrected chi connectivity index (χ0v) is 12.9. The zero-order valence-electron chi connectivity index (χ0n) is 12.9. The van der Waals surface area contributed by atoms with Crippen LogP contribution in [0.25, 0.3) is 0 Å². The molecule has 0 aliphatic carbocycles. The van der Waals surface area contributed by atoms with Gasteiger partial charge < -0.3 is 15.5 Å². The second-order valence-electron chi connectivity index (χ2n) is 5.31. The van der Waals surface area contributed by atoms with E-state index < -0.39 is 0 Å². The van der Waals surface area contributed by atoms with E-state index in [1.54, 1.807) is 19.0 Å². The normalized spacial score (nSPS) is 10.4. The van der Waals surface area contributed by atoms with E-state index in [0.717, 1.165) is 25.9 Å². The monoisotopic (exact) mass is 277 g/mol. The van der Waals surface area contributed by atoms with Gasteiger partial charge in [0, 0.05) is 39.3 Å². The summed E-state index contributed by atoms with van der Waals surface area (Å²) >= 11 is 0. The van der Waals surface area contributed by atoms with Crippen molar-refractivity contribution in [3.63, 3.8) is 0 Å². The highest BCUT2D eigenvalue weighted by Gasteiger charge is 2.10. The van der Waals surface area contributed by atoms with Crippen LogP contribution in [0, 0.1) is 6.92 Å². The molecule has 1 aromatic rings. The van der Waals surface area contributed by atoms with Gasteiger partial charge >= 0.3 is 0 Å². The number of amides is 1. The van der Waals surface area contributed by atoms with Gasteiger partial charge in [0.2, 0.25) is 5.91 Å². The van der Waals surface area contributed by atoms with Crippen molar-refractivity contribution >= 4 is 11.6 Å². The summed E-state index contributed by atoms with van der Waals surface area (Å²) in [5.41, 5.74) is 8.14. The SMILES string of the molecule is Cc1ccccc1N(CCCN)CCCC(=O)N(C)C. The van der Waals surface area contributed by atoms with Gasteiger partial charge in [0.15, 0.2) is 0 Å². The number of benzene rings is 1. The number of aryl methyl sites for hydroxylation is 1. The van der Waals surface area contributed by atoms with Crippen LogP contribution < -0.4 is 10.6 Å². The molecule has 4 nitrogen and oxygen atoms in total. The summed E-state index contributed by atoms with van der Waals surface area (Å²) in [5.74, 6) is 0.188. The molecule has 0 saturated carbocycles. The van der Waals surface area contributed by atoms with Gasteiger partial charge in [-0.2, -0.15) is 0 Å². The Bertz CT molecular complexity index is 418. The van der Waals surface area contributed by atoms with Gasteiger partial charge in [-0.1, -0.05) is 18.2 Å². The first-order chi connectivity index (χ1) is 9.56. The van der Waals surface area contributed by atoms with Gasteiger partial charge in [0.1, 0.15) is 0 Å². The lowest BCUT2D eigenvalue weighted by Crippen LogP contribution is -2.29. The van der Waals surface area contributed by atoms with Crippen molar-refractivity contribution in [2.45, 2.75) is 26.2 Å². The summed E-state index contributed by atoms with van der Waals surface area (Å²) in [6.45, 7) is 4.65. The number of rotatable bonds is 8. The van der Waals surface area contributed by atoms with E-state index in [4.69, 9.17) is 5.73 Å². The van der Waals surface area contributed by atoms with Crippen molar-refractivity contribution in [2.75, 3.05) is 38.6 Å². The second-order valence-corrected chi connectivity index (χ2v) is 5.31. The van der Waals surface area contributed by atoms with Crippen LogP contribution in [0.1, 0.15) is 24.8 Å². The van der Waals surface area contributed by atoms with Crippen molar-refractivity contribution in [3.8, 4) is 0 Å². The molecule has 0 spiro atoms. The van der Waals surface area contributed by atoms with Crippen LogP contribution in [0.2, 0.25) is 0 Å². The standard InChI is InChI=1S/C16H27N3O/c1-14-8-4-5-9-15(14)19(13-7-11-17)12-6-10-16(20)18(2)3/h4-5,8-9H,6-7,10-13,17H2,1-3H3. The number of nitrogens with zero attached hydrogens (tertiary/aromatic N) is 2. The molecule has 0 aliphatic heterocycles. The van der Waals surface area contributed by atoms with Crippen LogP contribution in [-0.4, -0.2) is 44.5 Å². The van der Waals surface area contributed by atoms with E-state index in [1.165, 1.54) is 11.3 Å². The van der Waals surface area contributed by atoms with Crippen molar-refractivity contribution in [3.05, 3.63) is 29.8 Å². The van der Waals surface area contributed by atoms with Crippen molar-refractivity contribution in [1.29, 1.82) is 0 Å². The summed E-state index contributed by atoms with van der Waals surface area (Å²) in [6.07, 6.45) is 2.43. The Morgan fingerprint density at radius 2 is 1.80 bits per heavy atom. The Kier molecular flexibility index (Phi) is 7.09. The van der Waals surface area contributed by atoms with Crippen LogP contribution >= 0.6 is 0 Å². The predicted molar refractivity (Wildman–Crippen MR) is 85.0 cm³/mol. The van der Waals surface area contributed by atoms with Gasteiger partial charge in [-0.05, 0) is 37.9 Å². The third kappa shape index (κ3) is 5.21. The second kappa shape index (κ2) is 8.59. The molecule has 2 N–H and O–H groups in total. The molecular formula is C16H27N3O. The Labute approximate surface area is 122 Å². The predicted octanol–water partition coefficient (Wildman–Crippen LogP) is 2.02. The van der Waals surface area contributed by atoms with Crippen LogP contribution in [-0.2, 0) is 4.79 Å². The molecule has 0 radical (unpaired) electrons. The minimum atomic E-state index is 0.188. The summed E-state index contributed by atoms with van der Waals surface area (Å²) < 4.78 is 0. The summed E-state index contributed by atoms with van der Waals surface area (Å²) in [4.78, 5) is 15.6. The molecule has 0 bridgehead atoms. The first-order valence-corrected chi connectivity index (χ1v) is 7.27. The molecular weight excluding hydrogens is 250 g/mol. The van der Waals surface area contributed by atoms with Gasteiger partial charge in [-0.3, -0.25) is 4.79 Å². The lowest BCUT2D eigenvalue weighted by Gasteiger charge is -2.26. The van der Waals surface area contributed by atoms with Gasteiger partial charge in [0.05, 0.1) is 0 Å². The highest BCUT2D eigenvalue weighted by molar-refractivity contribution is 5.75. The molecule has 0 aromatic heterocycles. The van der Waals surface area contributed by atoms with E-state index in [1.807, 2.05) is 0 Å². The minimum absolute atomic E-state index is 0.188. The Morgan fingerprint density at radius 3 is 2.40 bits per heavy atom. The molecule has 0 saturated heterocycles. The van der Waals surface area contributed by atoms with Crippen molar-refractivity contribution in [2.24, 2.45) is 5.73 Å². The molecule has 0 atom stereocenters.